The molecule has 8 nitrogen and oxygen atoms in total. The summed E-state index contributed by atoms with van der Waals surface area (Å²) in [7, 11) is 1.60. The van der Waals surface area contributed by atoms with Crippen LogP contribution in [0.3, 0.4) is 0 Å². The van der Waals surface area contributed by atoms with E-state index in [-0.39, 0.29) is 12.5 Å². The van der Waals surface area contributed by atoms with E-state index in [1.54, 1.807) is 7.11 Å². The molecule has 1 aliphatic rings. The van der Waals surface area contributed by atoms with Gasteiger partial charge in [0.15, 0.2) is 5.69 Å². The number of benzene rings is 1. The molecule has 2 heterocycles. The average molecular weight is 353 g/mol. The topological polar surface area (TPSA) is 106 Å². The number of nitrogens with zero attached hydrogens (tertiary/aromatic N) is 3. The standard InChI is InChI=1S/C18H19N5O3/c1-25-12-6-4-5-11(9-12)18-23-21-15(26-18)10-19-17(24)16-13-7-2-3-8-14(13)20-22-16/h4-6,9H,2-3,7-8,10H2,1H3,(H,19,24)(H,20,22). The van der Waals surface area contributed by atoms with Crippen LogP contribution in [0.2, 0.25) is 0 Å². The van der Waals surface area contributed by atoms with Crippen LogP contribution in [0.5, 0.6) is 5.75 Å². The predicted molar refractivity (Wildman–Crippen MR) is 92.7 cm³/mol. The second-order valence-electron chi connectivity index (χ2n) is 6.15. The molecule has 26 heavy (non-hydrogen) atoms. The molecule has 0 aliphatic heterocycles. The number of aromatic amines is 1. The van der Waals surface area contributed by atoms with Crippen molar-refractivity contribution in [2.45, 2.75) is 32.2 Å². The molecular weight excluding hydrogens is 334 g/mol. The molecule has 1 amide bonds. The fraction of sp³-hybridized carbons (Fsp3) is 0.333. The molecular formula is C18H19N5O3. The van der Waals surface area contributed by atoms with Gasteiger partial charge in [0.2, 0.25) is 11.8 Å². The first-order valence-electron chi connectivity index (χ1n) is 8.55. The van der Waals surface area contributed by atoms with E-state index in [1.807, 2.05) is 24.3 Å². The minimum Gasteiger partial charge on any atom is -0.497 e. The molecule has 2 N–H and O–H groups in total. The van der Waals surface area contributed by atoms with Gasteiger partial charge in [-0.25, -0.2) is 0 Å². The number of carbonyl (C=O) groups is 1. The third-order valence-electron chi connectivity index (χ3n) is 4.46. The SMILES string of the molecule is COc1cccc(-c2nnc(CNC(=O)c3n[nH]c4c3CCCC4)o2)c1. The lowest BCUT2D eigenvalue weighted by Crippen LogP contribution is -2.24. The Hall–Kier alpha value is -3.16. The van der Waals surface area contributed by atoms with Crippen LogP contribution in [0.15, 0.2) is 28.7 Å². The highest BCUT2D eigenvalue weighted by Gasteiger charge is 2.22. The zero-order chi connectivity index (χ0) is 17.9. The van der Waals surface area contributed by atoms with Crippen LogP contribution >= 0.6 is 0 Å². The second kappa shape index (κ2) is 6.99. The van der Waals surface area contributed by atoms with Crippen molar-refractivity contribution in [3.63, 3.8) is 0 Å². The van der Waals surface area contributed by atoms with Crippen LogP contribution < -0.4 is 10.1 Å². The smallest absolute Gasteiger partial charge is 0.272 e. The number of carbonyl (C=O) groups excluding carboxylic acids is 1. The lowest BCUT2D eigenvalue weighted by atomic mass is 9.96. The van der Waals surface area contributed by atoms with E-state index in [1.165, 1.54) is 0 Å². The summed E-state index contributed by atoms with van der Waals surface area (Å²) in [6.07, 6.45) is 4.05. The van der Waals surface area contributed by atoms with E-state index >= 15 is 0 Å². The fourth-order valence-corrected chi connectivity index (χ4v) is 3.11. The summed E-state index contributed by atoms with van der Waals surface area (Å²) in [6.45, 7) is 0.150. The average Bonchev–Trinajstić information content (AvgIpc) is 3.33. The number of amides is 1. The Kier molecular flexibility index (Phi) is 4.39. The molecule has 0 spiro atoms. The molecule has 1 aliphatic carbocycles. The Morgan fingerprint density at radius 2 is 2.19 bits per heavy atom. The van der Waals surface area contributed by atoms with Crippen molar-refractivity contribution < 1.29 is 13.9 Å². The molecule has 134 valence electrons. The van der Waals surface area contributed by atoms with Gasteiger partial charge in [-0.15, -0.1) is 10.2 Å². The highest BCUT2D eigenvalue weighted by Crippen LogP contribution is 2.23. The van der Waals surface area contributed by atoms with E-state index in [0.29, 0.717) is 23.2 Å². The van der Waals surface area contributed by atoms with Gasteiger partial charge in [-0.1, -0.05) is 6.07 Å². The van der Waals surface area contributed by atoms with Gasteiger partial charge >= 0.3 is 0 Å². The number of methoxy groups -OCH3 is 1. The fourth-order valence-electron chi connectivity index (χ4n) is 3.11. The summed E-state index contributed by atoms with van der Waals surface area (Å²) in [4.78, 5) is 12.4. The number of nitrogens with one attached hydrogen (secondary N) is 2. The molecule has 0 atom stereocenters. The van der Waals surface area contributed by atoms with Crippen LogP contribution in [0.25, 0.3) is 11.5 Å². The van der Waals surface area contributed by atoms with Crippen LogP contribution in [-0.4, -0.2) is 33.4 Å². The molecule has 4 rings (SSSR count). The highest BCUT2D eigenvalue weighted by atomic mass is 16.5. The Balaban J connectivity index is 1.43. The zero-order valence-electron chi connectivity index (χ0n) is 14.4. The lowest BCUT2D eigenvalue weighted by molar-refractivity contribution is 0.0941. The maximum atomic E-state index is 12.4. The minimum atomic E-state index is -0.231. The number of rotatable bonds is 5. The van der Waals surface area contributed by atoms with Gasteiger partial charge in [-0.05, 0) is 43.9 Å². The van der Waals surface area contributed by atoms with Crippen LogP contribution in [0.1, 0.15) is 40.5 Å². The number of aromatic nitrogens is 4. The number of H-pyrrole nitrogens is 1. The summed E-state index contributed by atoms with van der Waals surface area (Å²) < 4.78 is 10.8. The third kappa shape index (κ3) is 3.17. The molecule has 0 radical (unpaired) electrons. The van der Waals surface area contributed by atoms with E-state index in [9.17, 15) is 4.79 Å². The number of hydrogen-bond donors (Lipinski definition) is 2. The molecule has 0 unspecified atom stereocenters. The second-order valence-corrected chi connectivity index (χ2v) is 6.15. The number of fused-ring (bicyclic) bond motifs is 1. The number of hydrogen-bond acceptors (Lipinski definition) is 6. The quantitative estimate of drug-likeness (QED) is 0.729. The zero-order valence-corrected chi connectivity index (χ0v) is 14.4. The Morgan fingerprint density at radius 3 is 3.08 bits per heavy atom. The summed E-state index contributed by atoms with van der Waals surface area (Å²) in [5.74, 6) is 1.19. The Morgan fingerprint density at radius 1 is 1.31 bits per heavy atom. The van der Waals surface area contributed by atoms with Crippen molar-refractivity contribution >= 4 is 5.91 Å². The van der Waals surface area contributed by atoms with Crippen molar-refractivity contribution in [2.24, 2.45) is 0 Å². The van der Waals surface area contributed by atoms with Gasteiger partial charge < -0.3 is 14.5 Å². The van der Waals surface area contributed by atoms with Crippen molar-refractivity contribution in [1.82, 2.24) is 25.7 Å². The molecule has 0 fully saturated rings. The largest absolute Gasteiger partial charge is 0.497 e. The van der Waals surface area contributed by atoms with Crippen LogP contribution in [0.4, 0.5) is 0 Å². The van der Waals surface area contributed by atoms with Crippen molar-refractivity contribution in [2.75, 3.05) is 7.11 Å². The van der Waals surface area contributed by atoms with Crippen LogP contribution in [-0.2, 0) is 19.4 Å². The predicted octanol–water partition coefficient (Wildman–Crippen LogP) is 2.28. The number of aryl methyl sites for hydroxylation is 1. The minimum absolute atomic E-state index is 0.150. The van der Waals surface area contributed by atoms with Crippen LogP contribution in [0, 0.1) is 0 Å². The summed E-state index contributed by atoms with van der Waals surface area (Å²) in [5, 5.41) is 17.9. The van der Waals surface area contributed by atoms with E-state index in [2.05, 4.69) is 25.7 Å². The van der Waals surface area contributed by atoms with Crippen molar-refractivity contribution in [1.29, 1.82) is 0 Å². The third-order valence-corrected chi connectivity index (χ3v) is 4.46. The monoisotopic (exact) mass is 353 g/mol. The maximum Gasteiger partial charge on any atom is 0.272 e. The molecule has 3 aromatic rings. The van der Waals surface area contributed by atoms with Crippen molar-refractivity contribution in [3.05, 3.63) is 47.1 Å². The summed E-state index contributed by atoms with van der Waals surface area (Å²) in [5.41, 5.74) is 3.32. The Bertz CT molecular complexity index is 931. The normalized spacial score (nSPS) is 13.3. The highest BCUT2D eigenvalue weighted by molar-refractivity contribution is 5.93. The first kappa shape index (κ1) is 16.3. The molecule has 2 aromatic heterocycles. The van der Waals surface area contributed by atoms with Gasteiger partial charge in [0.1, 0.15) is 5.75 Å². The maximum absolute atomic E-state index is 12.4. The summed E-state index contributed by atoms with van der Waals surface area (Å²) in [6, 6.07) is 7.35. The molecule has 8 heteroatoms. The molecule has 0 saturated heterocycles. The van der Waals surface area contributed by atoms with E-state index < -0.39 is 0 Å². The van der Waals surface area contributed by atoms with Gasteiger partial charge in [0, 0.05) is 16.8 Å². The van der Waals surface area contributed by atoms with E-state index in [0.717, 1.165) is 42.5 Å². The van der Waals surface area contributed by atoms with Gasteiger partial charge in [0.05, 0.1) is 13.7 Å². The first-order valence-corrected chi connectivity index (χ1v) is 8.55. The van der Waals surface area contributed by atoms with Gasteiger partial charge in [-0.3, -0.25) is 9.89 Å². The lowest BCUT2D eigenvalue weighted by Gasteiger charge is -2.10. The molecule has 0 saturated carbocycles. The molecule has 1 aromatic carbocycles. The van der Waals surface area contributed by atoms with Crippen molar-refractivity contribution in [3.8, 4) is 17.2 Å². The molecule has 0 bridgehead atoms. The summed E-state index contributed by atoms with van der Waals surface area (Å²) >= 11 is 0. The van der Waals surface area contributed by atoms with E-state index in [4.69, 9.17) is 9.15 Å². The van der Waals surface area contributed by atoms with Gasteiger partial charge in [-0.2, -0.15) is 5.10 Å². The number of ether oxygens (including phenoxy) is 1. The van der Waals surface area contributed by atoms with Gasteiger partial charge in [0.25, 0.3) is 5.91 Å². The Labute approximate surface area is 150 Å². The first-order chi connectivity index (χ1) is 12.7.